The molecule has 2 aromatic rings. The van der Waals surface area contributed by atoms with Crippen molar-refractivity contribution in [3.63, 3.8) is 0 Å². The third kappa shape index (κ3) is 2.49. The molecule has 1 unspecified atom stereocenters. The molecule has 0 saturated carbocycles. The van der Waals surface area contributed by atoms with Crippen molar-refractivity contribution in [2.24, 2.45) is 0 Å². The van der Waals surface area contributed by atoms with E-state index in [0.717, 1.165) is 5.56 Å². The number of hydrogen-bond donors (Lipinski definition) is 2. The van der Waals surface area contributed by atoms with Crippen LogP contribution < -0.4 is 5.73 Å². The highest BCUT2D eigenvalue weighted by Gasteiger charge is 2.23. The molecule has 0 fully saturated rings. The van der Waals surface area contributed by atoms with E-state index >= 15 is 0 Å². The van der Waals surface area contributed by atoms with E-state index in [9.17, 15) is 9.18 Å². The fourth-order valence-electron chi connectivity index (χ4n) is 1.91. The third-order valence-electron chi connectivity index (χ3n) is 3.45. The Morgan fingerprint density at radius 3 is 2.50 bits per heavy atom. The van der Waals surface area contributed by atoms with Gasteiger partial charge in [0.05, 0.1) is 17.4 Å². The number of anilines is 1. The van der Waals surface area contributed by atoms with Gasteiger partial charge in [-0.3, -0.25) is 9.89 Å². The van der Waals surface area contributed by atoms with Gasteiger partial charge in [0.25, 0.3) is 5.91 Å². The second-order valence-electron chi connectivity index (χ2n) is 4.75. The van der Waals surface area contributed by atoms with Crippen LogP contribution >= 0.6 is 0 Å². The quantitative estimate of drug-likeness (QED) is 0.903. The zero-order chi connectivity index (χ0) is 14.9. The molecule has 0 aliphatic heterocycles. The number of aryl methyl sites for hydroxylation is 1. The van der Waals surface area contributed by atoms with Crippen molar-refractivity contribution in [2.45, 2.75) is 19.9 Å². The molecule has 6 heteroatoms. The van der Waals surface area contributed by atoms with E-state index in [-0.39, 0.29) is 23.5 Å². The number of halogens is 1. The number of benzene rings is 1. The molecule has 1 atom stereocenters. The van der Waals surface area contributed by atoms with Crippen LogP contribution in [0.15, 0.2) is 24.3 Å². The number of carbonyl (C=O) groups is 1. The van der Waals surface area contributed by atoms with E-state index < -0.39 is 0 Å². The summed E-state index contributed by atoms with van der Waals surface area (Å²) >= 11 is 0. The number of nitrogens with one attached hydrogen (secondary N) is 1. The maximum absolute atomic E-state index is 12.9. The molecule has 106 valence electrons. The summed E-state index contributed by atoms with van der Waals surface area (Å²) in [6.07, 6.45) is 0. The number of amides is 1. The van der Waals surface area contributed by atoms with Crippen molar-refractivity contribution >= 4 is 11.6 Å². The van der Waals surface area contributed by atoms with Crippen LogP contribution in [0.5, 0.6) is 0 Å². The zero-order valence-corrected chi connectivity index (χ0v) is 11.6. The molecule has 3 N–H and O–H groups in total. The first-order valence-electron chi connectivity index (χ1n) is 6.25. The smallest absolute Gasteiger partial charge is 0.276 e. The van der Waals surface area contributed by atoms with Crippen molar-refractivity contribution in [2.75, 3.05) is 12.8 Å². The highest BCUT2D eigenvalue weighted by molar-refractivity contribution is 5.97. The largest absolute Gasteiger partial charge is 0.395 e. The molecule has 0 spiro atoms. The summed E-state index contributed by atoms with van der Waals surface area (Å²) in [4.78, 5) is 13.9. The lowest BCUT2D eigenvalue weighted by Gasteiger charge is -2.24. The van der Waals surface area contributed by atoms with Crippen molar-refractivity contribution in [1.29, 1.82) is 0 Å². The number of nitrogen functional groups attached to an aromatic ring is 1. The van der Waals surface area contributed by atoms with Gasteiger partial charge in [0.1, 0.15) is 5.82 Å². The zero-order valence-electron chi connectivity index (χ0n) is 11.6. The number of nitrogens with zero attached hydrogens (tertiary/aromatic N) is 2. The summed E-state index contributed by atoms with van der Waals surface area (Å²) in [5.41, 5.74) is 7.88. The number of hydrogen-bond acceptors (Lipinski definition) is 3. The Morgan fingerprint density at radius 1 is 1.40 bits per heavy atom. The molecule has 0 saturated heterocycles. The van der Waals surface area contributed by atoms with Crippen LogP contribution in [0, 0.1) is 12.7 Å². The number of nitrogens with two attached hydrogens (primary N) is 1. The molecule has 5 nitrogen and oxygen atoms in total. The second-order valence-corrected chi connectivity index (χ2v) is 4.75. The van der Waals surface area contributed by atoms with Gasteiger partial charge < -0.3 is 10.6 Å². The van der Waals surface area contributed by atoms with E-state index in [0.29, 0.717) is 11.4 Å². The van der Waals surface area contributed by atoms with E-state index in [1.807, 2.05) is 6.92 Å². The van der Waals surface area contributed by atoms with Crippen LogP contribution in [0.1, 0.15) is 34.7 Å². The fraction of sp³-hybridized carbons (Fsp3) is 0.286. The Hall–Kier alpha value is -2.37. The summed E-state index contributed by atoms with van der Waals surface area (Å²) in [6.45, 7) is 3.61. The van der Waals surface area contributed by atoms with Crippen LogP contribution in [0.3, 0.4) is 0 Å². The first-order chi connectivity index (χ1) is 9.41. The Bertz CT molecular complexity index is 621. The summed E-state index contributed by atoms with van der Waals surface area (Å²) in [7, 11) is 1.67. The lowest BCUT2D eigenvalue weighted by atomic mass is 10.1. The molecule has 2 rings (SSSR count). The van der Waals surface area contributed by atoms with Crippen LogP contribution in [-0.2, 0) is 0 Å². The molecule has 1 heterocycles. The highest BCUT2D eigenvalue weighted by atomic mass is 19.1. The second kappa shape index (κ2) is 5.32. The van der Waals surface area contributed by atoms with Gasteiger partial charge in [-0.25, -0.2) is 4.39 Å². The lowest BCUT2D eigenvalue weighted by Crippen LogP contribution is -2.30. The van der Waals surface area contributed by atoms with Gasteiger partial charge >= 0.3 is 0 Å². The predicted molar refractivity (Wildman–Crippen MR) is 74.6 cm³/mol. The van der Waals surface area contributed by atoms with Crippen molar-refractivity contribution in [1.82, 2.24) is 15.1 Å². The van der Waals surface area contributed by atoms with Gasteiger partial charge in [-0.1, -0.05) is 12.1 Å². The Morgan fingerprint density at radius 2 is 2.00 bits per heavy atom. The number of carbonyl (C=O) groups excluding carboxylic acids is 1. The first kappa shape index (κ1) is 14.0. The summed E-state index contributed by atoms with van der Waals surface area (Å²) < 4.78 is 12.9. The van der Waals surface area contributed by atoms with Crippen molar-refractivity contribution in [3.05, 3.63) is 47.0 Å². The van der Waals surface area contributed by atoms with E-state index in [2.05, 4.69) is 10.2 Å². The molecule has 1 amide bonds. The molecular formula is C14H17FN4O. The number of rotatable bonds is 3. The molecule has 0 radical (unpaired) electrons. The fourth-order valence-corrected chi connectivity index (χ4v) is 1.91. The Kier molecular flexibility index (Phi) is 3.74. The van der Waals surface area contributed by atoms with Crippen LogP contribution in [-0.4, -0.2) is 28.1 Å². The minimum absolute atomic E-state index is 0.207. The summed E-state index contributed by atoms with van der Waals surface area (Å²) in [5.74, 6) is -0.578. The Labute approximate surface area is 116 Å². The van der Waals surface area contributed by atoms with Gasteiger partial charge in [-0.05, 0) is 31.5 Å². The average molecular weight is 276 g/mol. The molecule has 1 aromatic carbocycles. The number of aromatic amines is 1. The maximum atomic E-state index is 12.9. The monoisotopic (exact) mass is 276 g/mol. The van der Waals surface area contributed by atoms with Gasteiger partial charge in [0.2, 0.25) is 0 Å². The maximum Gasteiger partial charge on any atom is 0.276 e. The standard InChI is InChI=1S/C14H17FN4O/c1-8-12(16)13(18-17-8)14(20)19(3)9(2)10-4-6-11(15)7-5-10/h4-7,9H,16H2,1-3H3,(H,17,18). The van der Waals surface area contributed by atoms with Gasteiger partial charge in [0, 0.05) is 7.05 Å². The van der Waals surface area contributed by atoms with Crippen LogP contribution in [0.4, 0.5) is 10.1 Å². The number of aromatic nitrogens is 2. The molecule has 1 aromatic heterocycles. The molecule has 0 aliphatic rings. The SMILES string of the molecule is Cc1[nH]nc(C(=O)N(C)C(C)c2ccc(F)cc2)c1N. The van der Waals surface area contributed by atoms with Gasteiger partial charge in [-0.2, -0.15) is 5.10 Å². The summed E-state index contributed by atoms with van der Waals surface area (Å²) in [6, 6.07) is 5.85. The highest BCUT2D eigenvalue weighted by Crippen LogP contribution is 2.22. The van der Waals surface area contributed by atoms with Crippen LogP contribution in [0.25, 0.3) is 0 Å². The van der Waals surface area contributed by atoms with Crippen molar-refractivity contribution in [3.8, 4) is 0 Å². The lowest BCUT2D eigenvalue weighted by molar-refractivity contribution is 0.0737. The minimum Gasteiger partial charge on any atom is -0.395 e. The first-order valence-corrected chi connectivity index (χ1v) is 6.25. The number of H-pyrrole nitrogens is 1. The molecule has 20 heavy (non-hydrogen) atoms. The predicted octanol–water partition coefficient (Wildman–Crippen LogP) is 2.27. The normalized spacial score (nSPS) is 12.2. The van der Waals surface area contributed by atoms with Crippen LogP contribution in [0.2, 0.25) is 0 Å². The Balaban J connectivity index is 2.22. The van der Waals surface area contributed by atoms with E-state index in [4.69, 9.17) is 5.73 Å². The topological polar surface area (TPSA) is 75.0 Å². The van der Waals surface area contributed by atoms with Gasteiger partial charge in [-0.15, -0.1) is 0 Å². The average Bonchev–Trinajstić information content (AvgIpc) is 2.77. The molecule has 0 aliphatic carbocycles. The minimum atomic E-state index is -0.304. The van der Waals surface area contributed by atoms with E-state index in [1.54, 1.807) is 26.1 Å². The molecular weight excluding hydrogens is 259 g/mol. The van der Waals surface area contributed by atoms with Gasteiger partial charge in [0.15, 0.2) is 5.69 Å². The molecule has 0 bridgehead atoms. The van der Waals surface area contributed by atoms with Crippen molar-refractivity contribution < 1.29 is 9.18 Å². The van der Waals surface area contributed by atoms with E-state index in [1.165, 1.54) is 17.0 Å². The third-order valence-corrected chi connectivity index (χ3v) is 3.45. The summed E-state index contributed by atoms with van der Waals surface area (Å²) in [5, 5.41) is 6.61.